The van der Waals surface area contributed by atoms with Crippen LogP contribution in [0, 0.1) is 5.92 Å². The molecule has 3 rings (SSSR count). The minimum Gasteiger partial charge on any atom is -0.478 e. The first kappa shape index (κ1) is 13.1. The van der Waals surface area contributed by atoms with Crippen molar-refractivity contribution in [1.29, 1.82) is 0 Å². The Balaban J connectivity index is 1.91. The van der Waals surface area contributed by atoms with Crippen molar-refractivity contribution in [2.24, 2.45) is 11.7 Å². The molecule has 1 aromatic carbocycles. The molecule has 20 heavy (non-hydrogen) atoms. The maximum absolute atomic E-state index is 11.5. The quantitative estimate of drug-likeness (QED) is 0.890. The van der Waals surface area contributed by atoms with Crippen molar-refractivity contribution in [1.82, 2.24) is 4.90 Å². The lowest BCUT2D eigenvalue weighted by molar-refractivity contribution is 0.0695. The first-order valence-corrected chi connectivity index (χ1v) is 6.85. The van der Waals surface area contributed by atoms with Gasteiger partial charge in [0.05, 0.1) is 6.54 Å². The highest BCUT2D eigenvalue weighted by molar-refractivity contribution is 6.03. The van der Waals surface area contributed by atoms with Gasteiger partial charge in [-0.1, -0.05) is 18.2 Å². The van der Waals surface area contributed by atoms with Gasteiger partial charge in [-0.2, -0.15) is 0 Å². The van der Waals surface area contributed by atoms with Crippen LogP contribution in [-0.4, -0.2) is 35.6 Å². The van der Waals surface area contributed by atoms with Gasteiger partial charge in [0.15, 0.2) is 0 Å². The Morgan fingerprint density at radius 1 is 1.45 bits per heavy atom. The van der Waals surface area contributed by atoms with E-state index in [1.165, 1.54) is 0 Å². The van der Waals surface area contributed by atoms with E-state index in [1.807, 2.05) is 12.1 Å². The largest absolute Gasteiger partial charge is 0.478 e. The van der Waals surface area contributed by atoms with Crippen LogP contribution in [0.25, 0.3) is 11.0 Å². The Morgan fingerprint density at radius 3 is 2.95 bits per heavy atom. The van der Waals surface area contributed by atoms with Gasteiger partial charge in [0.1, 0.15) is 16.9 Å². The lowest BCUT2D eigenvalue weighted by Crippen LogP contribution is -2.23. The number of nitrogens with zero attached hydrogens (tertiary/aromatic N) is 1. The van der Waals surface area contributed by atoms with Crippen molar-refractivity contribution in [2.45, 2.75) is 13.0 Å². The minimum absolute atomic E-state index is 0.289. The van der Waals surface area contributed by atoms with Crippen molar-refractivity contribution >= 4 is 16.9 Å². The number of benzene rings is 1. The molecule has 1 aromatic heterocycles. The SMILES string of the molecule is NCC1CCN(Cc2oc3ccccc3c2C(=O)O)C1. The molecule has 0 bridgehead atoms. The van der Waals surface area contributed by atoms with Crippen LogP contribution in [-0.2, 0) is 6.54 Å². The Bertz CT molecular complexity index is 635. The van der Waals surface area contributed by atoms with Gasteiger partial charge < -0.3 is 15.3 Å². The van der Waals surface area contributed by atoms with E-state index in [-0.39, 0.29) is 5.56 Å². The average Bonchev–Trinajstić information content (AvgIpc) is 3.02. The van der Waals surface area contributed by atoms with Gasteiger partial charge in [-0.25, -0.2) is 4.79 Å². The van der Waals surface area contributed by atoms with Gasteiger partial charge in [-0.15, -0.1) is 0 Å². The molecule has 1 fully saturated rings. The second-order valence-electron chi connectivity index (χ2n) is 5.33. The Kier molecular flexibility index (Phi) is 3.46. The molecule has 1 aliphatic rings. The molecular formula is C15H18N2O3. The normalized spacial score (nSPS) is 19.8. The van der Waals surface area contributed by atoms with E-state index in [4.69, 9.17) is 10.2 Å². The number of rotatable bonds is 4. The molecule has 0 radical (unpaired) electrons. The van der Waals surface area contributed by atoms with E-state index in [9.17, 15) is 9.90 Å². The zero-order valence-corrected chi connectivity index (χ0v) is 11.2. The van der Waals surface area contributed by atoms with Gasteiger partial charge in [0.25, 0.3) is 0 Å². The topological polar surface area (TPSA) is 79.7 Å². The summed E-state index contributed by atoms with van der Waals surface area (Å²) in [4.78, 5) is 13.7. The van der Waals surface area contributed by atoms with Gasteiger partial charge in [0, 0.05) is 11.9 Å². The zero-order valence-electron chi connectivity index (χ0n) is 11.2. The summed E-state index contributed by atoms with van der Waals surface area (Å²) < 4.78 is 5.74. The second kappa shape index (κ2) is 5.26. The number of likely N-dealkylation sites (tertiary alicyclic amines) is 1. The predicted octanol–water partition coefficient (Wildman–Crippen LogP) is 1.91. The average molecular weight is 274 g/mol. The number of carboxylic acid groups (broad SMARTS) is 1. The zero-order chi connectivity index (χ0) is 14.1. The molecule has 5 nitrogen and oxygen atoms in total. The molecule has 0 saturated carbocycles. The number of hydrogen-bond acceptors (Lipinski definition) is 4. The van der Waals surface area contributed by atoms with Gasteiger partial charge in [-0.3, -0.25) is 4.90 Å². The summed E-state index contributed by atoms with van der Waals surface area (Å²) in [6, 6.07) is 7.27. The highest BCUT2D eigenvalue weighted by Crippen LogP contribution is 2.28. The molecule has 1 saturated heterocycles. The second-order valence-corrected chi connectivity index (χ2v) is 5.33. The molecule has 3 N–H and O–H groups in total. The highest BCUT2D eigenvalue weighted by atomic mass is 16.4. The minimum atomic E-state index is -0.931. The van der Waals surface area contributed by atoms with Crippen LogP contribution in [0.3, 0.4) is 0 Å². The van der Waals surface area contributed by atoms with Gasteiger partial charge in [-0.05, 0) is 31.5 Å². The van der Waals surface area contributed by atoms with E-state index in [2.05, 4.69) is 4.90 Å². The number of carbonyl (C=O) groups is 1. The summed E-state index contributed by atoms with van der Waals surface area (Å²) in [6.45, 7) is 3.07. The molecule has 0 spiro atoms. The number of carboxylic acids is 1. The van der Waals surface area contributed by atoms with Crippen molar-refractivity contribution in [2.75, 3.05) is 19.6 Å². The fraction of sp³-hybridized carbons (Fsp3) is 0.400. The fourth-order valence-electron chi connectivity index (χ4n) is 2.89. The summed E-state index contributed by atoms with van der Waals surface area (Å²) in [5, 5.41) is 10.1. The van der Waals surface area contributed by atoms with Crippen LogP contribution in [0.5, 0.6) is 0 Å². The number of aromatic carboxylic acids is 1. The van der Waals surface area contributed by atoms with Crippen LogP contribution < -0.4 is 5.73 Å². The first-order valence-electron chi connectivity index (χ1n) is 6.85. The van der Waals surface area contributed by atoms with Crippen molar-refractivity contribution in [3.05, 3.63) is 35.6 Å². The number of nitrogens with two attached hydrogens (primary N) is 1. The summed E-state index contributed by atoms with van der Waals surface area (Å²) in [5.74, 6) is 0.114. The van der Waals surface area contributed by atoms with Crippen molar-refractivity contribution in [3.63, 3.8) is 0 Å². The number of furan rings is 1. The molecule has 1 aliphatic heterocycles. The van der Waals surface area contributed by atoms with Crippen LogP contribution in [0.2, 0.25) is 0 Å². The fourth-order valence-corrected chi connectivity index (χ4v) is 2.89. The Hall–Kier alpha value is -1.85. The molecule has 106 valence electrons. The first-order chi connectivity index (χ1) is 9.69. The Morgan fingerprint density at radius 2 is 2.25 bits per heavy atom. The predicted molar refractivity (Wildman–Crippen MR) is 75.6 cm³/mol. The van der Waals surface area contributed by atoms with Gasteiger partial charge in [0.2, 0.25) is 0 Å². The standard InChI is InChI=1S/C15H18N2O3/c16-7-10-5-6-17(8-10)9-13-14(15(18)19)11-3-1-2-4-12(11)20-13/h1-4,10H,5-9,16H2,(H,18,19). The molecule has 1 atom stereocenters. The van der Waals surface area contributed by atoms with E-state index in [0.717, 1.165) is 19.5 Å². The molecule has 2 aromatic rings. The molecule has 0 amide bonds. The molecule has 5 heteroatoms. The number of para-hydroxylation sites is 1. The summed E-state index contributed by atoms with van der Waals surface area (Å²) in [6.07, 6.45) is 1.07. The number of fused-ring (bicyclic) bond motifs is 1. The molecule has 0 aliphatic carbocycles. The lowest BCUT2D eigenvalue weighted by atomic mass is 10.1. The summed E-state index contributed by atoms with van der Waals surface area (Å²) >= 11 is 0. The maximum Gasteiger partial charge on any atom is 0.339 e. The summed E-state index contributed by atoms with van der Waals surface area (Å²) in [7, 11) is 0. The molecular weight excluding hydrogens is 256 g/mol. The highest BCUT2D eigenvalue weighted by Gasteiger charge is 2.26. The van der Waals surface area contributed by atoms with E-state index < -0.39 is 5.97 Å². The lowest BCUT2D eigenvalue weighted by Gasteiger charge is -2.14. The van der Waals surface area contributed by atoms with Gasteiger partial charge >= 0.3 is 5.97 Å². The Labute approximate surface area is 117 Å². The van der Waals surface area contributed by atoms with E-state index in [0.29, 0.717) is 35.7 Å². The van der Waals surface area contributed by atoms with Crippen LogP contribution >= 0.6 is 0 Å². The van der Waals surface area contributed by atoms with Crippen LogP contribution in [0.15, 0.2) is 28.7 Å². The smallest absolute Gasteiger partial charge is 0.339 e. The van der Waals surface area contributed by atoms with E-state index >= 15 is 0 Å². The van der Waals surface area contributed by atoms with Crippen LogP contribution in [0.4, 0.5) is 0 Å². The molecule has 1 unspecified atom stereocenters. The third kappa shape index (κ3) is 2.30. The van der Waals surface area contributed by atoms with Crippen molar-refractivity contribution in [3.8, 4) is 0 Å². The third-order valence-electron chi connectivity index (χ3n) is 3.95. The molecule has 2 heterocycles. The number of hydrogen-bond donors (Lipinski definition) is 2. The third-order valence-corrected chi connectivity index (χ3v) is 3.95. The van der Waals surface area contributed by atoms with E-state index in [1.54, 1.807) is 12.1 Å². The monoisotopic (exact) mass is 274 g/mol. The van der Waals surface area contributed by atoms with Crippen LogP contribution in [0.1, 0.15) is 22.5 Å². The van der Waals surface area contributed by atoms with Crippen molar-refractivity contribution < 1.29 is 14.3 Å². The maximum atomic E-state index is 11.5. The summed E-state index contributed by atoms with van der Waals surface area (Å²) in [5.41, 5.74) is 6.61.